The van der Waals surface area contributed by atoms with Crippen LogP contribution >= 0.6 is 0 Å². The number of benzene rings is 1. The van der Waals surface area contributed by atoms with Gasteiger partial charge in [0.25, 0.3) is 0 Å². The zero-order valence-electron chi connectivity index (χ0n) is 40.5. The molecule has 1 aromatic rings. The van der Waals surface area contributed by atoms with Crippen LogP contribution in [0.3, 0.4) is 0 Å². The van der Waals surface area contributed by atoms with Crippen molar-refractivity contribution in [2.24, 2.45) is 0 Å². The molecule has 56 heavy (non-hydrogen) atoms. The second-order valence-corrected chi connectivity index (χ2v) is 27.3. The van der Waals surface area contributed by atoms with E-state index in [0.29, 0.717) is 29.6 Å². The predicted octanol–water partition coefficient (Wildman–Crippen LogP) is 11.8. The van der Waals surface area contributed by atoms with Crippen LogP contribution in [0.2, 0.25) is 0 Å². The minimum Gasteiger partial charge on any atom is -0.307 e. The Balaban J connectivity index is 1.78. The predicted molar refractivity (Wildman–Crippen MR) is 243 cm³/mol. The molecule has 0 aliphatic carbocycles. The van der Waals surface area contributed by atoms with Crippen LogP contribution in [0.1, 0.15) is 260 Å². The fourth-order valence-electron chi connectivity index (χ4n) is 15.5. The molecule has 5 aliphatic heterocycles. The molecule has 320 valence electrons. The highest BCUT2D eigenvalue weighted by atomic mass is 15.1. The van der Waals surface area contributed by atoms with E-state index in [9.17, 15) is 0 Å². The van der Waals surface area contributed by atoms with Gasteiger partial charge in [-0.1, -0.05) is 6.07 Å². The Morgan fingerprint density at radius 2 is 0.429 bits per heavy atom. The summed E-state index contributed by atoms with van der Waals surface area (Å²) >= 11 is 0. The van der Waals surface area contributed by atoms with E-state index in [1.807, 2.05) is 5.56 Å². The summed E-state index contributed by atoms with van der Waals surface area (Å²) in [4.78, 5) is 0. The van der Waals surface area contributed by atoms with Crippen LogP contribution in [0.5, 0.6) is 0 Å². The first-order valence-corrected chi connectivity index (χ1v) is 23.1. The molecule has 6 rings (SSSR count). The molecule has 5 aliphatic rings. The van der Waals surface area contributed by atoms with Gasteiger partial charge in [-0.25, -0.2) is 0 Å². The number of nitrogens with one attached hydrogen (secondary N) is 5. The van der Waals surface area contributed by atoms with Crippen LogP contribution in [-0.4, -0.2) is 55.4 Å². The molecule has 0 amide bonds. The summed E-state index contributed by atoms with van der Waals surface area (Å²) in [5, 5.41) is 20.6. The number of rotatable bonds is 5. The first-order chi connectivity index (χ1) is 25.0. The summed E-state index contributed by atoms with van der Waals surface area (Å²) in [6.07, 6.45) is 11.8. The molecule has 5 N–H and O–H groups in total. The minimum atomic E-state index is 0.0495. The van der Waals surface area contributed by atoms with E-state index in [2.05, 4.69) is 171 Å². The van der Waals surface area contributed by atoms with Crippen molar-refractivity contribution in [1.82, 2.24) is 26.6 Å². The van der Waals surface area contributed by atoms with Crippen molar-refractivity contribution < 1.29 is 0 Å². The smallest absolute Gasteiger partial charge is 0.0135 e. The summed E-state index contributed by atoms with van der Waals surface area (Å²) in [5.41, 5.74) is 9.46. The van der Waals surface area contributed by atoms with Gasteiger partial charge in [0, 0.05) is 55.4 Å². The summed E-state index contributed by atoms with van der Waals surface area (Å²) in [6.45, 7) is 49.7. The maximum atomic E-state index is 4.14. The van der Waals surface area contributed by atoms with Crippen LogP contribution in [-0.2, 0) is 0 Å². The van der Waals surface area contributed by atoms with Crippen molar-refractivity contribution in [2.75, 3.05) is 0 Å². The Hall–Kier alpha value is -0.980. The van der Waals surface area contributed by atoms with E-state index in [1.54, 1.807) is 22.3 Å². The summed E-state index contributed by atoms with van der Waals surface area (Å²) in [5.74, 6) is 2.53. The van der Waals surface area contributed by atoms with Crippen LogP contribution in [0.15, 0.2) is 6.07 Å². The Bertz CT molecular complexity index is 1450. The van der Waals surface area contributed by atoms with Crippen LogP contribution in [0, 0.1) is 0 Å². The quantitative estimate of drug-likeness (QED) is 0.206. The first-order valence-electron chi connectivity index (χ1n) is 23.1. The van der Waals surface area contributed by atoms with Gasteiger partial charge in [-0.15, -0.1) is 0 Å². The normalized spacial score (nSPS) is 31.2. The Morgan fingerprint density at radius 1 is 0.268 bits per heavy atom. The molecule has 5 saturated heterocycles. The van der Waals surface area contributed by atoms with Gasteiger partial charge in [-0.05, 0) is 260 Å². The molecular formula is C51H91N5. The molecule has 1 aromatic carbocycles. The topological polar surface area (TPSA) is 60.1 Å². The van der Waals surface area contributed by atoms with E-state index >= 15 is 0 Å². The van der Waals surface area contributed by atoms with Crippen molar-refractivity contribution in [1.29, 1.82) is 0 Å². The van der Waals surface area contributed by atoms with Crippen LogP contribution in [0.4, 0.5) is 0 Å². The lowest BCUT2D eigenvalue weighted by molar-refractivity contribution is 0.141. The van der Waals surface area contributed by atoms with E-state index in [0.717, 1.165) is 0 Å². The van der Waals surface area contributed by atoms with Gasteiger partial charge in [-0.3, -0.25) is 0 Å². The first kappa shape index (κ1) is 44.6. The van der Waals surface area contributed by atoms with Gasteiger partial charge in [-0.2, -0.15) is 0 Å². The molecule has 0 radical (unpaired) electrons. The summed E-state index contributed by atoms with van der Waals surface area (Å²) in [7, 11) is 0. The van der Waals surface area contributed by atoms with Crippen molar-refractivity contribution in [3.05, 3.63) is 33.9 Å². The molecule has 0 unspecified atom stereocenters. The van der Waals surface area contributed by atoms with E-state index in [-0.39, 0.29) is 55.4 Å². The largest absolute Gasteiger partial charge is 0.307 e. The van der Waals surface area contributed by atoms with Crippen molar-refractivity contribution in [2.45, 2.75) is 288 Å². The molecule has 5 nitrogen and oxygen atoms in total. The molecule has 5 heteroatoms. The van der Waals surface area contributed by atoms with Gasteiger partial charge in [0.15, 0.2) is 0 Å². The van der Waals surface area contributed by atoms with Crippen LogP contribution < -0.4 is 26.6 Å². The number of hydrogen-bond donors (Lipinski definition) is 5. The van der Waals surface area contributed by atoms with E-state index < -0.39 is 0 Å². The molecule has 5 fully saturated rings. The van der Waals surface area contributed by atoms with E-state index in [1.165, 1.54) is 64.2 Å². The standard InChI is InChI=1S/C51H91N5/c1-42(2)22-32(23-43(3,4)52-42)37-21-38(33-24-44(5,6)53-45(7,8)25-33)40(35-28-48(13,14)55-49(15,16)29-35)41(36-30-50(17,18)56-51(19,20)31-36)39(37)34-26-46(9,10)54-47(11,12)27-34/h21,32-36,52-56H,22-31H2,1-20H3. The van der Waals surface area contributed by atoms with Crippen molar-refractivity contribution >= 4 is 0 Å². The number of hydrogen-bond acceptors (Lipinski definition) is 5. The molecule has 0 bridgehead atoms. The maximum absolute atomic E-state index is 4.14. The monoisotopic (exact) mass is 774 g/mol. The van der Waals surface area contributed by atoms with E-state index in [4.69, 9.17) is 0 Å². The average molecular weight is 774 g/mol. The fraction of sp³-hybridized carbons (Fsp3) is 0.882. The van der Waals surface area contributed by atoms with Gasteiger partial charge >= 0.3 is 0 Å². The zero-order chi connectivity index (χ0) is 42.1. The van der Waals surface area contributed by atoms with Crippen LogP contribution in [0.25, 0.3) is 0 Å². The van der Waals surface area contributed by atoms with Gasteiger partial charge < -0.3 is 26.6 Å². The van der Waals surface area contributed by atoms with Gasteiger partial charge in [0.1, 0.15) is 0 Å². The number of piperidine rings is 5. The lowest BCUT2D eigenvalue weighted by atomic mass is 9.59. The fourth-order valence-corrected chi connectivity index (χ4v) is 15.5. The third-order valence-corrected chi connectivity index (χ3v) is 14.6. The lowest BCUT2D eigenvalue weighted by Crippen LogP contribution is -2.59. The molecule has 0 saturated carbocycles. The summed E-state index contributed by atoms with van der Waals surface area (Å²) < 4.78 is 0. The Kier molecular flexibility index (Phi) is 11.0. The third kappa shape index (κ3) is 10.1. The van der Waals surface area contributed by atoms with Crippen molar-refractivity contribution in [3.63, 3.8) is 0 Å². The second kappa shape index (κ2) is 13.8. The van der Waals surface area contributed by atoms with Crippen molar-refractivity contribution in [3.8, 4) is 0 Å². The minimum absolute atomic E-state index is 0.0495. The highest BCUT2D eigenvalue weighted by Crippen LogP contribution is 2.57. The SMILES string of the molecule is CC1(C)CC(c2cc(C3CC(C)(C)NC(C)(C)C3)c(C3CC(C)(C)NC(C)(C)C3)c(C3CC(C)(C)NC(C)(C)C3)c2C2CC(C)(C)NC(C)(C)C2)CC(C)(C)N1. The molecule has 0 aromatic heterocycles. The molecule has 0 atom stereocenters. The Labute approximate surface area is 347 Å². The maximum Gasteiger partial charge on any atom is 0.0135 e. The molecule has 0 spiro atoms. The second-order valence-electron chi connectivity index (χ2n) is 27.3. The highest BCUT2D eigenvalue weighted by Gasteiger charge is 2.50. The Morgan fingerprint density at radius 3 is 0.625 bits per heavy atom. The average Bonchev–Trinajstić information content (AvgIpc) is 2.87. The zero-order valence-corrected chi connectivity index (χ0v) is 40.5. The highest BCUT2D eigenvalue weighted by molar-refractivity contribution is 5.56. The van der Waals surface area contributed by atoms with Gasteiger partial charge in [0.05, 0.1) is 0 Å². The molecular weight excluding hydrogens is 683 g/mol. The van der Waals surface area contributed by atoms with Gasteiger partial charge in [0.2, 0.25) is 0 Å². The summed E-state index contributed by atoms with van der Waals surface area (Å²) in [6, 6.07) is 2.93. The molecule has 5 heterocycles. The lowest BCUT2D eigenvalue weighted by Gasteiger charge is -2.54. The third-order valence-electron chi connectivity index (χ3n) is 14.6.